The smallest absolute Gasteiger partial charge is 0.161 e. The van der Waals surface area contributed by atoms with E-state index in [1.807, 2.05) is 17.4 Å². The fourth-order valence-electron chi connectivity index (χ4n) is 7.39. The summed E-state index contributed by atoms with van der Waals surface area (Å²) < 4.78 is 2.61. The number of thiophene rings is 1. The predicted molar refractivity (Wildman–Crippen MR) is 209 cm³/mol. The van der Waals surface area contributed by atoms with Crippen molar-refractivity contribution in [2.24, 2.45) is 0 Å². The van der Waals surface area contributed by atoms with Crippen molar-refractivity contribution >= 4 is 63.8 Å². The third kappa shape index (κ3) is 4.62. The van der Waals surface area contributed by atoms with Gasteiger partial charge in [-0.15, -0.1) is 11.3 Å². The molecule has 0 saturated heterocycles. The second kappa shape index (κ2) is 11.2. The number of hydrogen-bond acceptors (Lipinski definition) is 3. The van der Waals surface area contributed by atoms with E-state index in [1.165, 1.54) is 52.8 Å². The van der Waals surface area contributed by atoms with Crippen LogP contribution in [0.25, 0.3) is 97.5 Å². The molecule has 10 rings (SSSR count). The Bertz CT molecular complexity index is 2890. The minimum Gasteiger partial charge on any atom is -0.228 e. The van der Waals surface area contributed by atoms with Crippen molar-refractivity contribution in [3.05, 3.63) is 170 Å². The average molecular weight is 641 g/mol. The molecule has 0 N–H and O–H groups in total. The van der Waals surface area contributed by atoms with Gasteiger partial charge >= 0.3 is 0 Å². The fraction of sp³-hybridized carbons (Fsp3) is 0. The number of hydrogen-bond donors (Lipinski definition) is 0. The van der Waals surface area contributed by atoms with Crippen molar-refractivity contribution in [1.29, 1.82) is 0 Å². The molecule has 0 aliphatic heterocycles. The van der Waals surface area contributed by atoms with Gasteiger partial charge in [0.05, 0.1) is 11.4 Å². The van der Waals surface area contributed by atoms with Crippen molar-refractivity contribution in [3.8, 4) is 45.0 Å². The first-order chi connectivity index (χ1) is 24.3. The molecule has 0 saturated carbocycles. The van der Waals surface area contributed by atoms with Gasteiger partial charge in [0.1, 0.15) is 0 Å². The molecule has 2 nitrogen and oxygen atoms in total. The lowest BCUT2D eigenvalue weighted by molar-refractivity contribution is 1.19. The maximum Gasteiger partial charge on any atom is 0.161 e. The Kier molecular flexibility index (Phi) is 6.39. The molecular weight excluding hydrogens is 613 g/mol. The molecule has 0 spiro atoms. The van der Waals surface area contributed by atoms with Gasteiger partial charge in [0.2, 0.25) is 0 Å². The molecule has 0 bridgehead atoms. The van der Waals surface area contributed by atoms with E-state index in [2.05, 4.69) is 164 Å². The standard InChI is InChI=1S/C46H28N2S/c1-2-13-30(14-3-1)40-28-41(33-17-10-16-31(26-33)35-21-11-23-43-44(35)38-20-8-9-22-42(38)49-43)48-46(47-40)45-36-19-7-5-15-32(36)27-39-34-18-6-4-12-29(34)24-25-37(39)45/h1-28H. The zero-order valence-corrected chi connectivity index (χ0v) is 27.3. The first-order valence-corrected chi connectivity index (χ1v) is 17.4. The van der Waals surface area contributed by atoms with Crippen LogP contribution in [0.3, 0.4) is 0 Å². The van der Waals surface area contributed by atoms with E-state index < -0.39 is 0 Å². The van der Waals surface area contributed by atoms with Crippen LogP contribution in [-0.4, -0.2) is 9.97 Å². The van der Waals surface area contributed by atoms with Crippen molar-refractivity contribution < 1.29 is 0 Å². The summed E-state index contributed by atoms with van der Waals surface area (Å²) in [5.74, 6) is 0.727. The lowest BCUT2D eigenvalue weighted by Crippen LogP contribution is -1.98. The van der Waals surface area contributed by atoms with Crippen LogP contribution in [0.15, 0.2) is 170 Å². The highest BCUT2D eigenvalue weighted by Gasteiger charge is 2.18. The van der Waals surface area contributed by atoms with Gasteiger partial charge < -0.3 is 0 Å². The highest BCUT2D eigenvalue weighted by Crippen LogP contribution is 2.42. The van der Waals surface area contributed by atoms with Gasteiger partial charge in [-0.2, -0.15) is 0 Å². The zero-order chi connectivity index (χ0) is 32.3. The summed E-state index contributed by atoms with van der Waals surface area (Å²) in [7, 11) is 0. The summed E-state index contributed by atoms with van der Waals surface area (Å²) >= 11 is 1.85. The van der Waals surface area contributed by atoms with Crippen molar-refractivity contribution in [1.82, 2.24) is 9.97 Å². The van der Waals surface area contributed by atoms with E-state index in [0.717, 1.165) is 44.7 Å². The third-order valence-corrected chi connectivity index (χ3v) is 10.8. The van der Waals surface area contributed by atoms with Crippen LogP contribution in [0, 0.1) is 0 Å². The first kappa shape index (κ1) is 27.9. The van der Waals surface area contributed by atoms with Crippen molar-refractivity contribution in [3.63, 3.8) is 0 Å². The molecule has 10 aromatic rings. The molecule has 0 atom stereocenters. The molecular formula is C46H28N2S. The molecule has 0 radical (unpaired) electrons. The van der Waals surface area contributed by atoms with Gasteiger partial charge in [-0.05, 0) is 73.8 Å². The van der Waals surface area contributed by atoms with Crippen molar-refractivity contribution in [2.45, 2.75) is 0 Å². The lowest BCUT2D eigenvalue weighted by atomic mass is 9.92. The van der Waals surface area contributed by atoms with Crippen LogP contribution >= 0.6 is 11.3 Å². The minimum atomic E-state index is 0.727. The lowest BCUT2D eigenvalue weighted by Gasteiger charge is -2.15. The van der Waals surface area contributed by atoms with Crippen LogP contribution in [0.5, 0.6) is 0 Å². The van der Waals surface area contributed by atoms with Gasteiger partial charge in [0.25, 0.3) is 0 Å². The van der Waals surface area contributed by atoms with Crippen LogP contribution in [0.4, 0.5) is 0 Å². The molecule has 2 heterocycles. The molecule has 228 valence electrons. The molecule has 3 heteroatoms. The van der Waals surface area contributed by atoms with Crippen LogP contribution in [0.2, 0.25) is 0 Å². The molecule has 0 unspecified atom stereocenters. The summed E-state index contributed by atoms with van der Waals surface area (Å²) in [6, 6.07) is 60.8. The third-order valence-electron chi connectivity index (χ3n) is 9.66. The quantitative estimate of drug-likeness (QED) is 0.141. The normalized spacial score (nSPS) is 11.7. The van der Waals surface area contributed by atoms with E-state index in [1.54, 1.807) is 0 Å². The summed E-state index contributed by atoms with van der Waals surface area (Å²) in [6.45, 7) is 0. The Morgan fingerprint density at radius 2 is 1.02 bits per heavy atom. The summed E-state index contributed by atoms with van der Waals surface area (Å²) in [5, 5.41) is 9.74. The van der Waals surface area contributed by atoms with Crippen molar-refractivity contribution in [2.75, 3.05) is 0 Å². The predicted octanol–water partition coefficient (Wildman–Crippen LogP) is 13.0. The van der Waals surface area contributed by atoms with Gasteiger partial charge in [-0.3, -0.25) is 0 Å². The summed E-state index contributed by atoms with van der Waals surface area (Å²) in [6.07, 6.45) is 0. The van der Waals surface area contributed by atoms with Gasteiger partial charge in [-0.1, -0.05) is 140 Å². The molecule has 8 aromatic carbocycles. The first-order valence-electron chi connectivity index (χ1n) is 16.6. The van der Waals surface area contributed by atoms with E-state index >= 15 is 0 Å². The topological polar surface area (TPSA) is 25.8 Å². The monoisotopic (exact) mass is 640 g/mol. The van der Waals surface area contributed by atoms with Crippen LogP contribution in [0.1, 0.15) is 0 Å². The Hall–Kier alpha value is -6.16. The fourth-order valence-corrected chi connectivity index (χ4v) is 8.52. The molecule has 0 aliphatic rings. The molecule has 2 aromatic heterocycles. The van der Waals surface area contributed by atoms with Crippen LogP contribution < -0.4 is 0 Å². The van der Waals surface area contributed by atoms with E-state index in [0.29, 0.717) is 0 Å². The highest BCUT2D eigenvalue weighted by molar-refractivity contribution is 7.25. The van der Waals surface area contributed by atoms with Gasteiger partial charge in [0.15, 0.2) is 5.82 Å². The van der Waals surface area contributed by atoms with E-state index in [9.17, 15) is 0 Å². The Balaban J connectivity index is 1.24. The van der Waals surface area contributed by atoms with Gasteiger partial charge in [0, 0.05) is 36.9 Å². The maximum atomic E-state index is 5.41. The second-order valence-electron chi connectivity index (χ2n) is 12.5. The van der Waals surface area contributed by atoms with Crippen LogP contribution in [-0.2, 0) is 0 Å². The number of nitrogens with zero attached hydrogens (tertiary/aromatic N) is 2. The zero-order valence-electron chi connectivity index (χ0n) is 26.5. The average Bonchev–Trinajstić information content (AvgIpc) is 3.56. The molecule has 0 amide bonds. The SMILES string of the molecule is c1ccc(-c2cc(-c3cccc(-c4cccc5sc6ccccc6c45)c3)nc(-c3c4ccccc4cc4c3ccc3ccccc34)n2)cc1. The highest BCUT2D eigenvalue weighted by atomic mass is 32.1. The Morgan fingerprint density at radius 1 is 0.367 bits per heavy atom. The maximum absolute atomic E-state index is 5.41. The minimum absolute atomic E-state index is 0.727. The number of aromatic nitrogens is 2. The Labute approximate surface area is 287 Å². The second-order valence-corrected chi connectivity index (χ2v) is 13.6. The molecule has 0 fully saturated rings. The number of fused-ring (bicyclic) bond motifs is 7. The number of benzene rings is 8. The summed E-state index contributed by atoms with van der Waals surface area (Å²) in [5.41, 5.74) is 7.40. The van der Waals surface area contributed by atoms with E-state index in [-0.39, 0.29) is 0 Å². The molecule has 0 aliphatic carbocycles. The summed E-state index contributed by atoms with van der Waals surface area (Å²) in [4.78, 5) is 10.7. The number of rotatable bonds is 4. The molecule has 49 heavy (non-hydrogen) atoms. The van der Waals surface area contributed by atoms with E-state index in [4.69, 9.17) is 9.97 Å². The van der Waals surface area contributed by atoms with Gasteiger partial charge in [-0.25, -0.2) is 9.97 Å². The largest absolute Gasteiger partial charge is 0.228 e. The Morgan fingerprint density at radius 3 is 1.90 bits per heavy atom.